The molecular formula is C24H32N6O2. The average Bonchev–Trinajstić information content (AvgIpc) is 3.14. The Kier molecular flexibility index (Phi) is 8.62. The molecule has 170 valence electrons. The molecule has 0 aliphatic rings. The highest BCUT2D eigenvalue weighted by Crippen LogP contribution is 2.17. The third kappa shape index (κ3) is 6.55. The minimum Gasteiger partial charge on any atom is -0.475 e. The summed E-state index contributed by atoms with van der Waals surface area (Å²) in [6.45, 7) is 9.06. The molecule has 0 fully saturated rings. The maximum absolute atomic E-state index is 5.51. The molecular weight excluding hydrogens is 404 g/mol. The first-order valence-corrected chi connectivity index (χ1v) is 10.8. The van der Waals surface area contributed by atoms with Crippen LogP contribution in [0.25, 0.3) is 5.69 Å². The summed E-state index contributed by atoms with van der Waals surface area (Å²) in [7, 11) is 1.64. The molecule has 0 atom stereocenters. The lowest BCUT2D eigenvalue weighted by atomic mass is 10.1. The van der Waals surface area contributed by atoms with Crippen molar-refractivity contribution in [1.82, 2.24) is 25.4 Å². The third-order valence-corrected chi connectivity index (χ3v) is 4.77. The highest BCUT2D eigenvalue weighted by Gasteiger charge is 2.09. The molecule has 2 N–H and O–H groups in total. The van der Waals surface area contributed by atoms with E-state index in [1.807, 2.05) is 35.9 Å². The molecule has 0 radical (unpaired) electrons. The van der Waals surface area contributed by atoms with Crippen LogP contribution < -0.4 is 15.4 Å². The second kappa shape index (κ2) is 11.9. The number of methoxy groups -OCH3 is 1. The van der Waals surface area contributed by atoms with E-state index in [2.05, 4.69) is 52.8 Å². The lowest BCUT2D eigenvalue weighted by Crippen LogP contribution is -2.37. The standard InChI is InChI=1S/C24H32N6O2/c1-5-25-24(27-16-20-10-11-23(26-15-20)32-13-12-31-4)28-17-21-8-6-7-9-22(21)30-19(3)14-18(2)29-30/h6-11,14-15H,5,12-13,16-17H2,1-4H3,(H2,25,27,28). The number of ether oxygens (including phenoxy) is 2. The number of aliphatic imine (C=N–C) groups is 1. The number of pyridine rings is 1. The number of guanidine groups is 1. The minimum atomic E-state index is 0.481. The fourth-order valence-corrected chi connectivity index (χ4v) is 3.25. The van der Waals surface area contributed by atoms with Gasteiger partial charge in [-0.25, -0.2) is 14.7 Å². The zero-order valence-corrected chi connectivity index (χ0v) is 19.3. The van der Waals surface area contributed by atoms with Crippen molar-refractivity contribution in [1.29, 1.82) is 0 Å². The molecule has 32 heavy (non-hydrogen) atoms. The van der Waals surface area contributed by atoms with E-state index in [1.54, 1.807) is 13.3 Å². The molecule has 0 amide bonds. The fourth-order valence-electron chi connectivity index (χ4n) is 3.25. The number of hydrogen-bond donors (Lipinski definition) is 2. The molecule has 1 aromatic carbocycles. The largest absolute Gasteiger partial charge is 0.475 e. The smallest absolute Gasteiger partial charge is 0.213 e. The molecule has 8 nitrogen and oxygen atoms in total. The van der Waals surface area contributed by atoms with Gasteiger partial charge in [0.2, 0.25) is 5.88 Å². The number of rotatable bonds is 10. The topological polar surface area (TPSA) is 85.6 Å². The van der Waals surface area contributed by atoms with Gasteiger partial charge in [-0.1, -0.05) is 24.3 Å². The van der Waals surface area contributed by atoms with Crippen LogP contribution in [0.3, 0.4) is 0 Å². The van der Waals surface area contributed by atoms with Crippen molar-refractivity contribution < 1.29 is 9.47 Å². The molecule has 0 saturated carbocycles. The Labute approximate surface area is 189 Å². The normalized spacial score (nSPS) is 11.4. The predicted octanol–water partition coefficient (Wildman–Crippen LogP) is 3.16. The van der Waals surface area contributed by atoms with Crippen LogP contribution in [0.5, 0.6) is 5.88 Å². The summed E-state index contributed by atoms with van der Waals surface area (Å²) < 4.78 is 12.5. The van der Waals surface area contributed by atoms with Crippen molar-refractivity contribution in [2.45, 2.75) is 33.9 Å². The zero-order valence-electron chi connectivity index (χ0n) is 19.3. The van der Waals surface area contributed by atoms with Gasteiger partial charge >= 0.3 is 0 Å². The van der Waals surface area contributed by atoms with Gasteiger partial charge in [0, 0.05) is 38.2 Å². The molecule has 0 unspecified atom stereocenters. The molecule has 0 aliphatic carbocycles. The summed E-state index contributed by atoms with van der Waals surface area (Å²) in [4.78, 5) is 9.02. The van der Waals surface area contributed by atoms with E-state index in [0.29, 0.717) is 32.2 Å². The van der Waals surface area contributed by atoms with Crippen LogP contribution in [0.1, 0.15) is 29.4 Å². The van der Waals surface area contributed by atoms with E-state index in [0.717, 1.165) is 40.7 Å². The van der Waals surface area contributed by atoms with Crippen LogP contribution in [0.4, 0.5) is 0 Å². The number of hydrogen-bond acceptors (Lipinski definition) is 5. The monoisotopic (exact) mass is 436 g/mol. The van der Waals surface area contributed by atoms with Crippen LogP contribution in [0.15, 0.2) is 53.7 Å². The Morgan fingerprint density at radius 3 is 2.62 bits per heavy atom. The number of nitrogens with one attached hydrogen (secondary N) is 2. The van der Waals surface area contributed by atoms with Crippen molar-refractivity contribution in [3.8, 4) is 11.6 Å². The van der Waals surface area contributed by atoms with Crippen LogP contribution >= 0.6 is 0 Å². The number of benzene rings is 1. The van der Waals surface area contributed by atoms with Gasteiger partial charge in [-0.2, -0.15) is 5.10 Å². The first-order chi connectivity index (χ1) is 15.6. The summed E-state index contributed by atoms with van der Waals surface area (Å²) in [6, 6.07) is 14.2. The van der Waals surface area contributed by atoms with E-state index < -0.39 is 0 Å². The van der Waals surface area contributed by atoms with Gasteiger partial charge < -0.3 is 20.1 Å². The number of para-hydroxylation sites is 1. The van der Waals surface area contributed by atoms with E-state index in [9.17, 15) is 0 Å². The molecule has 0 bridgehead atoms. The zero-order chi connectivity index (χ0) is 22.8. The second-order valence-electron chi connectivity index (χ2n) is 7.36. The van der Waals surface area contributed by atoms with E-state index in [-0.39, 0.29) is 0 Å². The molecule has 2 heterocycles. The summed E-state index contributed by atoms with van der Waals surface area (Å²) in [5, 5.41) is 11.4. The highest BCUT2D eigenvalue weighted by atomic mass is 16.5. The van der Waals surface area contributed by atoms with E-state index >= 15 is 0 Å². The van der Waals surface area contributed by atoms with Crippen molar-refractivity contribution in [2.75, 3.05) is 26.9 Å². The molecule has 3 rings (SSSR count). The third-order valence-electron chi connectivity index (χ3n) is 4.77. The number of aryl methyl sites for hydroxylation is 2. The SMILES string of the molecule is CCNC(=NCc1ccc(OCCOC)nc1)NCc1ccccc1-n1nc(C)cc1C. The molecule has 0 saturated heterocycles. The Hall–Kier alpha value is -3.39. The van der Waals surface area contributed by atoms with Crippen LogP contribution in [0, 0.1) is 13.8 Å². The highest BCUT2D eigenvalue weighted by molar-refractivity contribution is 5.79. The second-order valence-corrected chi connectivity index (χ2v) is 7.36. The Bertz CT molecular complexity index is 1010. The lowest BCUT2D eigenvalue weighted by molar-refractivity contribution is 0.143. The van der Waals surface area contributed by atoms with Gasteiger partial charge in [-0.15, -0.1) is 0 Å². The quantitative estimate of drug-likeness (QED) is 0.288. The van der Waals surface area contributed by atoms with E-state index in [4.69, 9.17) is 14.5 Å². The van der Waals surface area contributed by atoms with Gasteiger partial charge in [0.05, 0.1) is 24.5 Å². The molecule has 3 aromatic rings. The molecule has 0 spiro atoms. The maximum Gasteiger partial charge on any atom is 0.213 e. The van der Waals surface area contributed by atoms with Crippen molar-refractivity contribution in [2.24, 2.45) is 4.99 Å². The summed E-state index contributed by atoms with van der Waals surface area (Å²) in [5.74, 6) is 1.33. The molecule has 2 aromatic heterocycles. The van der Waals surface area contributed by atoms with Crippen LogP contribution in [0.2, 0.25) is 0 Å². The molecule has 8 heteroatoms. The van der Waals surface area contributed by atoms with Gasteiger partial charge in [0.15, 0.2) is 5.96 Å². The number of nitrogens with zero attached hydrogens (tertiary/aromatic N) is 4. The van der Waals surface area contributed by atoms with Crippen LogP contribution in [-0.2, 0) is 17.8 Å². The number of aromatic nitrogens is 3. The fraction of sp³-hybridized carbons (Fsp3) is 0.375. The predicted molar refractivity (Wildman–Crippen MR) is 126 cm³/mol. The lowest BCUT2D eigenvalue weighted by Gasteiger charge is -2.15. The summed E-state index contributed by atoms with van der Waals surface area (Å²) in [6.07, 6.45) is 1.79. The summed E-state index contributed by atoms with van der Waals surface area (Å²) in [5.41, 5.74) is 5.32. The van der Waals surface area contributed by atoms with E-state index in [1.165, 1.54) is 0 Å². The van der Waals surface area contributed by atoms with Crippen LogP contribution in [-0.4, -0.2) is 47.6 Å². The Morgan fingerprint density at radius 1 is 1.09 bits per heavy atom. The first kappa shape index (κ1) is 23.3. The van der Waals surface area contributed by atoms with Gasteiger partial charge in [0.25, 0.3) is 0 Å². The van der Waals surface area contributed by atoms with Crippen molar-refractivity contribution >= 4 is 5.96 Å². The average molecular weight is 437 g/mol. The Morgan fingerprint density at radius 2 is 1.94 bits per heavy atom. The maximum atomic E-state index is 5.51. The minimum absolute atomic E-state index is 0.481. The first-order valence-electron chi connectivity index (χ1n) is 10.8. The Balaban J connectivity index is 1.65. The van der Waals surface area contributed by atoms with Gasteiger partial charge in [-0.3, -0.25) is 0 Å². The van der Waals surface area contributed by atoms with Gasteiger partial charge in [0.1, 0.15) is 6.61 Å². The van der Waals surface area contributed by atoms with Gasteiger partial charge in [-0.05, 0) is 44.0 Å². The molecule has 0 aliphatic heterocycles. The van der Waals surface area contributed by atoms with Crippen molar-refractivity contribution in [3.63, 3.8) is 0 Å². The van der Waals surface area contributed by atoms with Crippen molar-refractivity contribution in [3.05, 3.63) is 71.2 Å². The summed E-state index contributed by atoms with van der Waals surface area (Å²) >= 11 is 0.